The van der Waals surface area contributed by atoms with Crippen LogP contribution in [0.3, 0.4) is 0 Å². The van der Waals surface area contributed by atoms with Crippen LogP contribution in [-0.2, 0) is 86.7 Å². The van der Waals surface area contributed by atoms with Gasteiger partial charge in [-0.15, -0.1) is 0 Å². The first-order valence-electron chi connectivity index (χ1n) is 26.2. The van der Waals surface area contributed by atoms with Crippen LogP contribution in [-0.4, -0.2) is 323 Å². The van der Waals surface area contributed by atoms with Crippen molar-refractivity contribution in [2.24, 2.45) is 0 Å². The molecule has 1 aliphatic rings. The summed E-state index contributed by atoms with van der Waals surface area (Å²) in [6.45, 7) is 1.50. The standard InChI is InChI=1S/C6H13NO6P2.C5H17NO12P4.C4H12O7P2.C3H13NO12P4.C3H12NO9P3.C3H10O7P2.C2H8O7P2/c8-14(9,10)6(15(11,12)13)7-4-2-1-3-5-7;7-19(8,9)3-1-6(2-4-20(10,11)12)5(21(13,14)15)22(16,17)18;1-2-3-4(5,12(6,7)8)13(9,10)11;5-17(6,7)1-4(2-18(8,9)10)3(19(11,12)13)20(14,15)16;5-14(6,7)1-4(2-15(8,9)10)3-16(11,12)13;1-2-3(4,11(5,6)7)12(8,9)10;1-2(3,10(4,5)6)11(7,8)9/h1-2,6H,3-5H2,(H2,8,9,10)(H2,11,12,13);5H,1-4H2,(H2,7,8,9)(H2,10,11,12)(H2,13,14,15)(H2,16,17,18);5H,2-3H2,1H3,(H2,6,7,8)(H2,9,10,11);3H,1-2H2,(H2,5,6,7)(H2,8,9,10)(H2,11,12,13)(H2,14,15,16);1-3H2,(H2,5,6,7)(H2,8,9,10)(H2,11,12,13);4H,2H2,1H3,(H2,5,6,7)(H2,8,9,10);3H,1H3,(H2,4,5,6)(H2,7,8,9). The molecule has 0 amide bonds. The quantitative estimate of drug-likeness (QED) is 0.0210. The first-order valence-corrected chi connectivity index (χ1v) is 58.6. The van der Waals surface area contributed by atoms with Crippen LogP contribution in [0.5, 0.6) is 0 Å². The lowest BCUT2D eigenvalue weighted by Gasteiger charge is -2.32. The molecule has 1 heterocycles. The highest BCUT2D eigenvalue weighted by Crippen LogP contribution is 2.71. The van der Waals surface area contributed by atoms with Crippen LogP contribution >= 0.6 is 144 Å². The maximum absolute atomic E-state index is 11.2. The molecule has 83 heteroatoms. The van der Waals surface area contributed by atoms with Gasteiger partial charge in [-0.3, -0.25) is 106 Å². The van der Waals surface area contributed by atoms with Crippen molar-refractivity contribution in [2.75, 3.05) is 69.9 Å². The highest BCUT2D eigenvalue weighted by atomic mass is 31.3. The SMILES string of the molecule is CC(O)(P(=O)(O)O)P(=O)(O)O.CCC(O)(P(=O)(O)O)P(=O)(O)O.CCCC(O)(P(=O)(O)O)P(=O)(O)O.O=P(O)(O)C(N1CC=CCC1)P(=O)(O)O.O=P(O)(O)CCN(CCP(=O)(O)O)C(P(=O)(O)O)P(=O)(O)O.O=P(O)(O)CN(CP(=O)(O)O)C(P(=O)(O)O)P(=O)(O)O.O=P(O)(O)CN(CP(=O)(O)O)CP(=O)(O)O. The summed E-state index contributed by atoms with van der Waals surface area (Å²) >= 11 is 0. The predicted molar refractivity (Wildman–Crippen MR) is 361 cm³/mol. The number of hydrogen-bond acceptors (Lipinski definition) is 26. The van der Waals surface area contributed by atoms with Crippen molar-refractivity contribution in [2.45, 2.75) is 78.3 Å². The lowest BCUT2D eigenvalue weighted by atomic mass is 10.3. The Morgan fingerprint density at radius 1 is 0.330 bits per heavy atom. The van der Waals surface area contributed by atoms with Crippen molar-refractivity contribution < 1.29 is 288 Å². The normalized spacial score (nSPS) is 15.5. The van der Waals surface area contributed by atoms with E-state index in [1.165, 1.54) is 6.92 Å². The van der Waals surface area contributed by atoms with Crippen LogP contribution in [0.1, 0.15) is 46.5 Å². The molecule has 0 radical (unpaired) electrons. The van der Waals surface area contributed by atoms with Crippen molar-refractivity contribution in [3.63, 3.8) is 0 Å². The fraction of sp³-hybridized carbons (Fsp3) is 0.923. The molecule has 1 aliphatic heterocycles. The third kappa shape index (κ3) is 53.0. The first kappa shape index (κ1) is 122. The van der Waals surface area contributed by atoms with Crippen molar-refractivity contribution >= 4 is 144 Å². The van der Waals surface area contributed by atoms with Crippen LogP contribution in [0.15, 0.2) is 12.2 Å². The summed E-state index contributed by atoms with van der Waals surface area (Å²) in [5, 5.41) is 17.0. The van der Waals surface area contributed by atoms with E-state index >= 15 is 0 Å². The molecule has 1 rings (SSSR count). The van der Waals surface area contributed by atoms with E-state index in [9.17, 15) is 86.7 Å². The predicted octanol–water partition coefficient (Wildman–Crippen LogP) is -6.74. The lowest BCUT2D eigenvalue weighted by molar-refractivity contribution is 0.122. The Morgan fingerprint density at radius 3 is 0.716 bits per heavy atom. The highest BCUT2D eigenvalue weighted by Gasteiger charge is 2.60. The van der Waals surface area contributed by atoms with Crippen LogP contribution < -0.4 is 0 Å². The van der Waals surface area contributed by atoms with Gasteiger partial charge >= 0.3 is 144 Å². The maximum atomic E-state index is 11.2. The maximum Gasteiger partial charge on any atom is 0.369 e. The third-order valence-corrected chi connectivity index (χ3v) is 39.2. The fourth-order valence-electron chi connectivity index (χ4n) is 6.72. The molecular weight excluding hydrogens is 1920 g/mol. The Morgan fingerprint density at radius 2 is 0.578 bits per heavy atom. The number of nitrogens with zero attached hydrogens (tertiary/aromatic N) is 4. The van der Waals surface area contributed by atoms with Crippen molar-refractivity contribution in [1.29, 1.82) is 0 Å². The van der Waals surface area contributed by atoms with Gasteiger partial charge in [-0.25, -0.2) is 0 Å². The molecule has 0 aromatic carbocycles. The molecule has 664 valence electrons. The Labute approximate surface area is 610 Å². The average Bonchev–Trinajstić information content (AvgIpc) is 0.790. The second-order valence-electron chi connectivity index (χ2n) is 21.3. The zero-order chi connectivity index (χ0) is 90.1. The Bertz CT molecular complexity index is 3660. The smallest absolute Gasteiger partial charge is 0.368 e. The minimum Gasteiger partial charge on any atom is -0.368 e. The summed E-state index contributed by atoms with van der Waals surface area (Å²) < 4.78 is 204. The molecule has 64 nitrogen and oxygen atoms in total. The number of hydrogen-bond donors (Lipinski definition) is 41. The van der Waals surface area contributed by atoms with Gasteiger partial charge in [0.15, 0.2) is 0 Å². The lowest BCUT2D eigenvalue weighted by Crippen LogP contribution is -2.39. The van der Waals surface area contributed by atoms with Gasteiger partial charge in [0.2, 0.25) is 16.6 Å². The van der Waals surface area contributed by atoms with E-state index < -0.39 is 246 Å². The van der Waals surface area contributed by atoms with Crippen molar-refractivity contribution in [1.82, 2.24) is 19.6 Å². The molecule has 0 saturated heterocycles. The zero-order valence-corrected chi connectivity index (χ0v) is 71.4. The van der Waals surface area contributed by atoms with Crippen molar-refractivity contribution in [3.05, 3.63) is 12.2 Å². The van der Waals surface area contributed by atoms with Gasteiger partial charge in [-0.05, 0) is 26.2 Å². The minimum atomic E-state index is -5.65. The van der Waals surface area contributed by atoms with E-state index in [1.807, 2.05) is 0 Å². The number of rotatable bonds is 34. The Balaban J connectivity index is -0.000000287. The van der Waals surface area contributed by atoms with Gasteiger partial charge in [-0.2, -0.15) is 0 Å². The van der Waals surface area contributed by atoms with E-state index in [-0.39, 0.29) is 29.3 Å². The van der Waals surface area contributed by atoms with Crippen molar-refractivity contribution in [3.8, 4) is 0 Å². The summed E-state index contributed by atoms with van der Waals surface area (Å²) in [5.41, 5.74) is -7.84. The highest BCUT2D eigenvalue weighted by molar-refractivity contribution is 7.74. The van der Waals surface area contributed by atoms with E-state index in [0.29, 0.717) is 18.2 Å². The van der Waals surface area contributed by atoms with E-state index in [2.05, 4.69) is 0 Å². The molecule has 0 aliphatic carbocycles. The molecule has 0 spiro atoms. The van der Waals surface area contributed by atoms with E-state index in [4.69, 9.17) is 201 Å². The monoisotopic (exact) mass is 2000 g/mol. The van der Waals surface area contributed by atoms with Crippen LogP contribution in [0.2, 0.25) is 0 Å². The van der Waals surface area contributed by atoms with E-state index in [0.717, 1.165) is 11.8 Å². The topological polar surface area (TPSA) is 1170 Å². The fourth-order valence-corrected chi connectivity index (χ4v) is 26.9. The second-order valence-corrected chi connectivity index (χ2v) is 56.4. The zero-order valence-electron chi connectivity index (χ0n) is 54.4. The van der Waals surface area contributed by atoms with E-state index in [1.54, 1.807) is 12.2 Å². The van der Waals surface area contributed by atoms with Gasteiger partial charge in [0.05, 0.1) is 12.3 Å². The summed E-state index contributed by atoms with van der Waals surface area (Å²) in [7, 11) is -96.7. The molecule has 0 bridgehead atoms. The van der Waals surface area contributed by atoms with Crippen LogP contribution in [0, 0.1) is 0 Å². The molecule has 0 unspecified atom stereocenters. The summed E-state index contributed by atoms with van der Waals surface area (Å²) in [4.78, 5) is 331. The van der Waals surface area contributed by atoms with Gasteiger partial charge in [0, 0.05) is 26.2 Å². The number of aliphatic hydroxyl groups is 3. The van der Waals surface area contributed by atoms with Crippen LogP contribution in [0.25, 0.3) is 0 Å². The summed E-state index contributed by atoms with van der Waals surface area (Å²) in [5.74, 6) is 0. The van der Waals surface area contributed by atoms with Gasteiger partial charge in [0.25, 0.3) is 15.2 Å². The largest absolute Gasteiger partial charge is 0.369 e. The Kier molecular flexibility index (Phi) is 49.7. The molecule has 109 heavy (non-hydrogen) atoms. The van der Waals surface area contributed by atoms with Gasteiger partial charge in [-0.1, -0.05) is 32.4 Å². The second kappa shape index (κ2) is 44.4. The van der Waals surface area contributed by atoms with Gasteiger partial charge < -0.3 is 201 Å². The molecule has 41 N–H and O–H groups in total. The third-order valence-electron chi connectivity index (χ3n) is 11.1. The van der Waals surface area contributed by atoms with Crippen LogP contribution in [0.4, 0.5) is 0 Å². The molecular formula is C26H85N4O60P19. The summed E-state index contributed by atoms with van der Waals surface area (Å²) in [6.07, 6.45) is -6.11. The molecule has 0 aromatic rings. The Hall–Kier alpha value is 2.31. The molecule has 0 saturated carbocycles. The molecule has 0 atom stereocenters. The molecule has 0 fully saturated rings. The molecule has 0 aromatic heterocycles. The van der Waals surface area contributed by atoms with Gasteiger partial charge in [0.1, 0.15) is 31.4 Å². The summed E-state index contributed by atoms with van der Waals surface area (Å²) in [6, 6.07) is 0. The minimum absolute atomic E-state index is 0.0483. The first-order chi connectivity index (χ1) is 46.5. The average molecular weight is 2000 g/mol.